The number of aliphatic hydroxyl groups is 1. The third-order valence-electron chi connectivity index (χ3n) is 3.74. The second-order valence-electron chi connectivity index (χ2n) is 6.48. The van der Waals surface area contributed by atoms with Crippen molar-refractivity contribution in [1.29, 1.82) is 0 Å². The second-order valence-corrected chi connectivity index (χ2v) is 9.56. The Morgan fingerprint density at radius 1 is 1.35 bits per heavy atom. The van der Waals surface area contributed by atoms with Gasteiger partial charge in [0.15, 0.2) is 0 Å². The Hall–Kier alpha value is -0.430. The van der Waals surface area contributed by atoms with Crippen molar-refractivity contribution in [2.45, 2.75) is 55.8 Å². The number of rotatable bonds is 4. The van der Waals surface area contributed by atoms with Gasteiger partial charge < -0.3 is 5.11 Å². The molecule has 0 spiro atoms. The lowest BCUT2D eigenvalue weighted by Gasteiger charge is -2.16. The monoisotopic (exact) mass is 317 g/mol. The first-order chi connectivity index (χ1) is 9.20. The average Bonchev–Trinajstić information content (AvgIpc) is 2.94. The zero-order valence-electron chi connectivity index (χ0n) is 12.2. The number of hydrogen-bond donors (Lipinski definition) is 2. The second kappa shape index (κ2) is 5.75. The van der Waals surface area contributed by atoms with Crippen molar-refractivity contribution in [3.63, 3.8) is 0 Å². The van der Waals surface area contributed by atoms with Crippen LogP contribution < -0.4 is 4.72 Å². The maximum Gasteiger partial charge on any atom is 0.250 e. The molecule has 1 aromatic rings. The van der Waals surface area contributed by atoms with E-state index in [1.165, 1.54) is 11.3 Å². The molecule has 1 aliphatic carbocycles. The third-order valence-corrected chi connectivity index (χ3v) is 7.17. The third kappa shape index (κ3) is 3.61. The lowest BCUT2D eigenvalue weighted by Crippen LogP contribution is -2.32. The zero-order valence-corrected chi connectivity index (χ0v) is 13.9. The maximum absolute atomic E-state index is 12.3. The van der Waals surface area contributed by atoms with Crippen molar-refractivity contribution in [1.82, 2.24) is 4.72 Å². The van der Waals surface area contributed by atoms with Crippen LogP contribution in [0.1, 0.15) is 44.9 Å². The Morgan fingerprint density at radius 2 is 2.05 bits per heavy atom. The molecule has 2 atom stereocenters. The fourth-order valence-corrected chi connectivity index (χ4v) is 4.91. The quantitative estimate of drug-likeness (QED) is 0.896. The number of sulfonamides is 1. The van der Waals surface area contributed by atoms with Gasteiger partial charge in [0, 0.05) is 11.4 Å². The molecule has 1 aliphatic rings. The summed E-state index contributed by atoms with van der Waals surface area (Å²) < 4.78 is 27.5. The van der Waals surface area contributed by atoms with E-state index in [-0.39, 0.29) is 17.4 Å². The summed E-state index contributed by atoms with van der Waals surface area (Å²) in [6, 6.07) is 3.54. The molecule has 2 N–H and O–H groups in total. The van der Waals surface area contributed by atoms with Gasteiger partial charge in [0.25, 0.3) is 0 Å². The van der Waals surface area contributed by atoms with E-state index in [2.05, 4.69) is 25.5 Å². The fourth-order valence-electron chi connectivity index (χ4n) is 2.41. The molecule has 1 aromatic heterocycles. The summed E-state index contributed by atoms with van der Waals surface area (Å²) in [4.78, 5) is 1.05. The molecule has 1 fully saturated rings. The van der Waals surface area contributed by atoms with E-state index in [1.54, 1.807) is 6.07 Å². The minimum Gasteiger partial charge on any atom is -0.393 e. The maximum atomic E-state index is 12.3. The molecule has 0 saturated heterocycles. The van der Waals surface area contributed by atoms with E-state index in [4.69, 9.17) is 0 Å². The van der Waals surface area contributed by atoms with Gasteiger partial charge >= 0.3 is 0 Å². The van der Waals surface area contributed by atoms with Crippen molar-refractivity contribution < 1.29 is 13.5 Å². The lowest BCUT2D eigenvalue weighted by atomic mass is 9.95. The molecule has 0 amide bonds. The standard InChI is InChI=1S/C14H23NO3S2/c1-14(2,3)12-7-8-13(19-12)20(17,18)15-9-10-5-4-6-11(10)16/h7-8,10-11,15-16H,4-6,9H2,1-3H3. The molecule has 1 saturated carbocycles. The van der Waals surface area contributed by atoms with Gasteiger partial charge in [-0.15, -0.1) is 11.3 Å². The topological polar surface area (TPSA) is 66.4 Å². The van der Waals surface area contributed by atoms with Crippen LogP contribution in [-0.2, 0) is 15.4 Å². The minimum absolute atomic E-state index is 0.0416. The van der Waals surface area contributed by atoms with Gasteiger partial charge in [0.05, 0.1) is 6.10 Å². The predicted molar refractivity (Wildman–Crippen MR) is 81.6 cm³/mol. The van der Waals surface area contributed by atoms with Crippen molar-refractivity contribution in [2.24, 2.45) is 5.92 Å². The summed E-state index contributed by atoms with van der Waals surface area (Å²) >= 11 is 1.32. The first-order valence-corrected chi connectivity index (χ1v) is 9.28. The first kappa shape index (κ1) is 15.9. The molecule has 0 radical (unpaired) electrons. The molecular weight excluding hydrogens is 294 g/mol. The Kier molecular flexibility index (Phi) is 4.59. The van der Waals surface area contributed by atoms with Gasteiger partial charge in [0.1, 0.15) is 4.21 Å². The minimum atomic E-state index is -3.45. The molecule has 2 rings (SSSR count). The Bertz CT molecular complexity index is 557. The van der Waals surface area contributed by atoms with E-state index >= 15 is 0 Å². The highest BCUT2D eigenvalue weighted by Gasteiger charge is 2.28. The molecule has 0 aromatic carbocycles. The molecular formula is C14H23NO3S2. The summed E-state index contributed by atoms with van der Waals surface area (Å²) in [5.41, 5.74) is -0.0416. The van der Waals surface area contributed by atoms with Gasteiger partial charge in [0.2, 0.25) is 10.0 Å². The lowest BCUT2D eigenvalue weighted by molar-refractivity contribution is 0.134. The van der Waals surface area contributed by atoms with Gasteiger partial charge in [-0.25, -0.2) is 13.1 Å². The van der Waals surface area contributed by atoms with Crippen LogP contribution in [0.4, 0.5) is 0 Å². The van der Waals surface area contributed by atoms with Gasteiger partial charge in [-0.1, -0.05) is 27.2 Å². The van der Waals surface area contributed by atoms with Crippen LogP contribution in [0.15, 0.2) is 16.3 Å². The Balaban J connectivity index is 2.05. The summed E-state index contributed by atoms with van der Waals surface area (Å²) in [5.74, 6) is 0.0480. The van der Waals surface area contributed by atoms with Crippen LogP contribution in [0.3, 0.4) is 0 Å². The van der Waals surface area contributed by atoms with Crippen LogP contribution in [0, 0.1) is 5.92 Å². The number of nitrogens with one attached hydrogen (secondary N) is 1. The number of hydrogen-bond acceptors (Lipinski definition) is 4. The summed E-state index contributed by atoms with van der Waals surface area (Å²) in [7, 11) is -3.45. The Morgan fingerprint density at radius 3 is 2.55 bits per heavy atom. The molecule has 2 unspecified atom stereocenters. The Labute approximate surface area is 125 Å². The van der Waals surface area contributed by atoms with Gasteiger partial charge in [-0.2, -0.15) is 0 Å². The van der Waals surface area contributed by atoms with E-state index in [0.717, 1.165) is 24.1 Å². The molecule has 6 heteroatoms. The molecule has 0 bridgehead atoms. The smallest absolute Gasteiger partial charge is 0.250 e. The SMILES string of the molecule is CC(C)(C)c1ccc(S(=O)(=O)NCC2CCCC2O)s1. The van der Waals surface area contributed by atoms with Gasteiger partial charge in [-0.3, -0.25) is 0 Å². The highest BCUT2D eigenvalue weighted by atomic mass is 32.2. The van der Waals surface area contributed by atoms with E-state index in [9.17, 15) is 13.5 Å². The zero-order chi connectivity index (χ0) is 15.0. The van der Waals surface area contributed by atoms with Crippen molar-refractivity contribution in [3.8, 4) is 0 Å². The molecule has 0 aliphatic heterocycles. The average molecular weight is 317 g/mol. The number of aliphatic hydroxyl groups excluding tert-OH is 1. The van der Waals surface area contributed by atoms with Crippen molar-refractivity contribution in [3.05, 3.63) is 17.0 Å². The van der Waals surface area contributed by atoms with Crippen LogP contribution in [-0.4, -0.2) is 26.2 Å². The van der Waals surface area contributed by atoms with Crippen LogP contribution in [0.5, 0.6) is 0 Å². The van der Waals surface area contributed by atoms with Crippen molar-refractivity contribution >= 4 is 21.4 Å². The summed E-state index contributed by atoms with van der Waals surface area (Å²) in [5, 5.41) is 9.73. The van der Waals surface area contributed by atoms with Crippen LogP contribution in [0.25, 0.3) is 0 Å². The summed E-state index contributed by atoms with van der Waals surface area (Å²) in [6.07, 6.45) is 2.27. The normalized spacial score (nSPS) is 24.2. The molecule has 114 valence electrons. The largest absolute Gasteiger partial charge is 0.393 e. The van der Waals surface area contributed by atoms with Gasteiger partial charge in [-0.05, 0) is 36.3 Å². The van der Waals surface area contributed by atoms with Crippen LogP contribution >= 0.6 is 11.3 Å². The summed E-state index contributed by atoms with van der Waals surface area (Å²) in [6.45, 7) is 6.53. The van der Waals surface area contributed by atoms with E-state index < -0.39 is 10.0 Å². The molecule has 1 heterocycles. The van der Waals surface area contributed by atoms with Crippen LogP contribution in [0.2, 0.25) is 0 Å². The predicted octanol–water partition coefficient (Wildman–Crippen LogP) is 2.48. The van der Waals surface area contributed by atoms with E-state index in [1.807, 2.05) is 6.07 Å². The first-order valence-electron chi connectivity index (χ1n) is 6.98. The van der Waals surface area contributed by atoms with E-state index in [0.29, 0.717) is 10.8 Å². The molecule has 4 nitrogen and oxygen atoms in total. The molecule has 20 heavy (non-hydrogen) atoms. The van der Waals surface area contributed by atoms with Crippen molar-refractivity contribution in [2.75, 3.05) is 6.54 Å². The fraction of sp³-hybridized carbons (Fsp3) is 0.714. The highest BCUT2D eigenvalue weighted by Crippen LogP contribution is 2.32. The highest BCUT2D eigenvalue weighted by molar-refractivity contribution is 7.91. The number of thiophene rings is 1.